The lowest BCUT2D eigenvalue weighted by atomic mass is 10.2. The van der Waals surface area contributed by atoms with Crippen LogP contribution in [0.25, 0.3) is 10.9 Å². The molecule has 0 radical (unpaired) electrons. The maximum Gasteiger partial charge on any atom is 0.262 e. The fourth-order valence-electron chi connectivity index (χ4n) is 3.04. The van der Waals surface area contributed by atoms with E-state index in [9.17, 15) is 13.2 Å². The monoisotopic (exact) mass is 456 g/mol. The minimum absolute atomic E-state index is 0.0815. The molecule has 158 valence electrons. The predicted molar refractivity (Wildman–Crippen MR) is 119 cm³/mol. The third kappa shape index (κ3) is 4.32. The van der Waals surface area contributed by atoms with Crippen molar-refractivity contribution in [3.05, 3.63) is 77.4 Å². The van der Waals surface area contributed by atoms with Gasteiger partial charge in [-0.15, -0.1) is 0 Å². The number of hydrogen-bond acceptors (Lipinski definition) is 5. The molecular formula is C21H17ClN4O4S. The average Bonchev–Trinajstić information content (AvgIpc) is 3.24. The molecule has 8 nitrogen and oxygen atoms in total. The smallest absolute Gasteiger partial charge is 0.262 e. The van der Waals surface area contributed by atoms with E-state index in [2.05, 4.69) is 20.2 Å². The molecule has 0 unspecified atom stereocenters. The number of para-hydroxylation sites is 1. The Balaban J connectivity index is 1.61. The largest absolute Gasteiger partial charge is 0.495 e. The molecule has 0 spiro atoms. The highest BCUT2D eigenvalue weighted by Crippen LogP contribution is 2.30. The van der Waals surface area contributed by atoms with E-state index in [4.69, 9.17) is 16.3 Å². The molecule has 0 saturated heterocycles. The van der Waals surface area contributed by atoms with Gasteiger partial charge in [-0.1, -0.05) is 29.8 Å². The number of ether oxygens (including phenoxy) is 1. The van der Waals surface area contributed by atoms with Gasteiger partial charge in [-0.3, -0.25) is 14.6 Å². The first-order valence-electron chi connectivity index (χ1n) is 9.07. The Morgan fingerprint density at radius 3 is 2.68 bits per heavy atom. The van der Waals surface area contributed by atoms with E-state index in [0.29, 0.717) is 22.0 Å². The van der Waals surface area contributed by atoms with Crippen molar-refractivity contribution in [2.45, 2.75) is 4.90 Å². The summed E-state index contributed by atoms with van der Waals surface area (Å²) in [4.78, 5) is 12.7. The summed E-state index contributed by atoms with van der Waals surface area (Å²) in [7, 11) is -2.58. The average molecular weight is 457 g/mol. The van der Waals surface area contributed by atoms with Gasteiger partial charge in [-0.25, -0.2) is 8.42 Å². The first-order chi connectivity index (χ1) is 14.9. The van der Waals surface area contributed by atoms with Crippen LogP contribution in [0.1, 0.15) is 10.4 Å². The standard InChI is InChI=1S/C21H17ClN4O4S/c1-30-19-9-8-15(22)11-18(19)26-31(28,29)16-6-2-4-13(10-16)21(27)24-17-7-3-5-14-12-23-25-20(14)17/h2-12,26H,1H3,(H,23,25)(H,24,27). The Labute approximate surface area is 183 Å². The Morgan fingerprint density at radius 1 is 1.06 bits per heavy atom. The summed E-state index contributed by atoms with van der Waals surface area (Å²) in [6.07, 6.45) is 1.65. The summed E-state index contributed by atoms with van der Waals surface area (Å²) in [5, 5.41) is 10.8. The second-order valence-corrected chi connectivity index (χ2v) is 8.69. The Bertz CT molecular complexity index is 1390. The molecule has 0 aliphatic carbocycles. The number of halogens is 1. The van der Waals surface area contributed by atoms with E-state index >= 15 is 0 Å². The summed E-state index contributed by atoms with van der Waals surface area (Å²) < 4.78 is 33.4. The number of anilines is 2. The number of aromatic nitrogens is 2. The summed E-state index contributed by atoms with van der Waals surface area (Å²) in [6.45, 7) is 0. The third-order valence-electron chi connectivity index (χ3n) is 4.54. The van der Waals surface area contributed by atoms with Crippen LogP contribution in [0.4, 0.5) is 11.4 Å². The molecule has 31 heavy (non-hydrogen) atoms. The molecule has 1 aromatic heterocycles. The third-order valence-corrected chi connectivity index (χ3v) is 6.14. The highest BCUT2D eigenvalue weighted by atomic mass is 35.5. The van der Waals surface area contributed by atoms with E-state index in [1.54, 1.807) is 30.5 Å². The van der Waals surface area contributed by atoms with Crippen LogP contribution in [0.3, 0.4) is 0 Å². The number of carbonyl (C=O) groups excluding carboxylic acids is 1. The number of sulfonamides is 1. The van der Waals surface area contributed by atoms with Crippen molar-refractivity contribution < 1.29 is 17.9 Å². The van der Waals surface area contributed by atoms with Crippen molar-refractivity contribution in [3.8, 4) is 5.75 Å². The van der Waals surface area contributed by atoms with Crippen LogP contribution in [-0.4, -0.2) is 31.6 Å². The number of hydrogen-bond donors (Lipinski definition) is 3. The summed E-state index contributed by atoms with van der Waals surface area (Å²) in [6, 6.07) is 15.7. The van der Waals surface area contributed by atoms with Crippen LogP contribution in [0.2, 0.25) is 5.02 Å². The van der Waals surface area contributed by atoms with Gasteiger partial charge in [0, 0.05) is 16.0 Å². The van der Waals surface area contributed by atoms with Crippen LogP contribution in [0.5, 0.6) is 5.75 Å². The number of rotatable bonds is 6. The quantitative estimate of drug-likeness (QED) is 0.401. The Morgan fingerprint density at radius 2 is 1.87 bits per heavy atom. The van der Waals surface area contributed by atoms with Gasteiger partial charge in [0.2, 0.25) is 0 Å². The lowest BCUT2D eigenvalue weighted by molar-refractivity contribution is 0.102. The fraction of sp³-hybridized carbons (Fsp3) is 0.0476. The van der Waals surface area contributed by atoms with Crippen molar-refractivity contribution in [1.29, 1.82) is 0 Å². The van der Waals surface area contributed by atoms with Crippen molar-refractivity contribution in [2.24, 2.45) is 0 Å². The number of aromatic amines is 1. The lowest BCUT2D eigenvalue weighted by Gasteiger charge is -2.13. The predicted octanol–water partition coefficient (Wildman–Crippen LogP) is 4.28. The van der Waals surface area contributed by atoms with Gasteiger partial charge in [0.25, 0.3) is 15.9 Å². The maximum atomic E-state index is 12.9. The van der Waals surface area contributed by atoms with Gasteiger partial charge < -0.3 is 10.1 Å². The molecule has 4 aromatic rings. The minimum atomic E-state index is -4.00. The van der Waals surface area contributed by atoms with Crippen LogP contribution in [0, 0.1) is 0 Å². The number of nitrogens with one attached hydrogen (secondary N) is 3. The first-order valence-corrected chi connectivity index (χ1v) is 10.9. The molecule has 0 aliphatic rings. The maximum absolute atomic E-state index is 12.9. The molecule has 10 heteroatoms. The zero-order valence-electron chi connectivity index (χ0n) is 16.2. The zero-order chi connectivity index (χ0) is 22.0. The van der Waals surface area contributed by atoms with E-state index in [1.807, 2.05) is 6.07 Å². The molecule has 0 bridgehead atoms. The van der Waals surface area contributed by atoms with Crippen LogP contribution in [0.15, 0.2) is 71.8 Å². The second kappa shape index (κ2) is 8.29. The minimum Gasteiger partial charge on any atom is -0.495 e. The number of amides is 1. The van der Waals surface area contributed by atoms with E-state index in [1.165, 1.54) is 37.4 Å². The molecule has 0 atom stereocenters. The number of H-pyrrole nitrogens is 1. The van der Waals surface area contributed by atoms with Gasteiger partial charge in [0.15, 0.2) is 0 Å². The summed E-state index contributed by atoms with van der Waals surface area (Å²) in [5.41, 5.74) is 1.58. The molecule has 0 aliphatic heterocycles. The molecular weight excluding hydrogens is 440 g/mol. The van der Waals surface area contributed by atoms with E-state index < -0.39 is 15.9 Å². The van der Waals surface area contributed by atoms with Crippen molar-refractivity contribution >= 4 is 49.8 Å². The highest BCUT2D eigenvalue weighted by Gasteiger charge is 2.19. The van der Waals surface area contributed by atoms with Gasteiger partial charge in [0.1, 0.15) is 5.75 Å². The summed E-state index contributed by atoms with van der Waals surface area (Å²) >= 11 is 5.98. The number of benzene rings is 3. The van der Waals surface area contributed by atoms with Gasteiger partial charge in [-0.2, -0.15) is 5.10 Å². The van der Waals surface area contributed by atoms with Crippen LogP contribution >= 0.6 is 11.6 Å². The van der Waals surface area contributed by atoms with Gasteiger partial charge >= 0.3 is 0 Å². The molecule has 3 aromatic carbocycles. The number of carbonyl (C=O) groups is 1. The normalized spacial score (nSPS) is 11.3. The van der Waals surface area contributed by atoms with Gasteiger partial charge in [0.05, 0.1) is 35.1 Å². The number of fused-ring (bicyclic) bond motifs is 1. The van der Waals surface area contributed by atoms with Gasteiger partial charge in [-0.05, 0) is 42.5 Å². The number of nitrogens with zero attached hydrogens (tertiary/aromatic N) is 1. The zero-order valence-corrected chi connectivity index (χ0v) is 17.8. The first kappa shape index (κ1) is 20.7. The van der Waals surface area contributed by atoms with E-state index in [0.717, 1.165) is 5.39 Å². The highest BCUT2D eigenvalue weighted by molar-refractivity contribution is 7.92. The molecule has 1 heterocycles. The molecule has 0 fully saturated rings. The lowest BCUT2D eigenvalue weighted by Crippen LogP contribution is -2.16. The van der Waals surface area contributed by atoms with Crippen LogP contribution < -0.4 is 14.8 Å². The van der Waals surface area contributed by atoms with Crippen molar-refractivity contribution in [1.82, 2.24) is 10.2 Å². The molecule has 3 N–H and O–H groups in total. The molecule has 0 saturated carbocycles. The number of methoxy groups -OCH3 is 1. The Kier molecular flexibility index (Phi) is 5.53. The van der Waals surface area contributed by atoms with Crippen molar-refractivity contribution in [3.63, 3.8) is 0 Å². The second-order valence-electron chi connectivity index (χ2n) is 6.57. The SMILES string of the molecule is COc1ccc(Cl)cc1NS(=O)(=O)c1cccc(C(=O)Nc2cccc3cn[nH]c23)c1. The molecule has 1 amide bonds. The van der Waals surface area contributed by atoms with E-state index in [-0.39, 0.29) is 16.1 Å². The molecule has 4 rings (SSSR count). The fourth-order valence-corrected chi connectivity index (χ4v) is 4.31. The van der Waals surface area contributed by atoms with Crippen molar-refractivity contribution in [2.75, 3.05) is 17.1 Å². The topological polar surface area (TPSA) is 113 Å². The van der Waals surface area contributed by atoms with Crippen LogP contribution in [-0.2, 0) is 10.0 Å². The summed E-state index contributed by atoms with van der Waals surface area (Å²) in [5.74, 6) is -0.144. The Hall–Kier alpha value is -3.56.